The summed E-state index contributed by atoms with van der Waals surface area (Å²) in [6, 6.07) is 30.5. The van der Waals surface area contributed by atoms with Crippen molar-refractivity contribution in [2.24, 2.45) is 0 Å². The molecule has 1 aliphatic rings. The Hall–Kier alpha value is -4.19. The van der Waals surface area contributed by atoms with Crippen LogP contribution in [-0.4, -0.2) is 54.1 Å². The van der Waals surface area contributed by atoms with E-state index in [1.807, 2.05) is 71.6 Å². The average Bonchev–Trinajstić information content (AvgIpc) is 2.97. The summed E-state index contributed by atoms with van der Waals surface area (Å²) in [5.74, 6) is 1.94. The van der Waals surface area contributed by atoms with Crippen LogP contribution in [0.3, 0.4) is 0 Å². The zero-order chi connectivity index (χ0) is 24.7. The van der Waals surface area contributed by atoms with Gasteiger partial charge in [-0.25, -0.2) is 9.97 Å². The molecule has 0 bridgehead atoms. The SMILES string of the molecule is COc1ccc(-c2cc(N3CCN(C(=O)CC(c4ccccc4)c4ccccc4)CC3)ncn2)cc1. The van der Waals surface area contributed by atoms with E-state index < -0.39 is 0 Å². The first kappa shape index (κ1) is 23.5. The third-order valence-electron chi connectivity index (χ3n) is 6.78. The molecule has 6 heteroatoms. The summed E-state index contributed by atoms with van der Waals surface area (Å²) >= 11 is 0. The Morgan fingerprint density at radius 3 is 2.03 bits per heavy atom. The number of ether oxygens (including phenoxy) is 1. The standard InChI is InChI=1S/C30H30N4O2/c1-36-26-14-12-25(13-15-26)28-21-29(32-22-31-28)33-16-18-34(19-17-33)30(35)20-27(23-8-4-2-5-9-23)24-10-6-3-7-11-24/h2-15,21-22,27H,16-20H2,1H3. The number of rotatable bonds is 7. The minimum atomic E-state index is 0.0480. The minimum absolute atomic E-state index is 0.0480. The highest BCUT2D eigenvalue weighted by Gasteiger charge is 2.26. The van der Waals surface area contributed by atoms with Crippen LogP contribution in [0.25, 0.3) is 11.3 Å². The molecule has 0 unspecified atom stereocenters. The second-order valence-electron chi connectivity index (χ2n) is 8.94. The van der Waals surface area contributed by atoms with Gasteiger partial charge in [0.15, 0.2) is 0 Å². The molecule has 1 aromatic heterocycles. The summed E-state index contributed by atoms with van der Waals surface area (Å²) in [6.45, 7) is 2.84. The molecule has 0 N–H and O–H groups in total. The van der Waals surface area contributed by atoms with Gasteiger partial charge in [-0.05, 0) is 35.4 Å². The second kappa shape index (κ2) is 11.0. The van der Waals surface area contributed by atoms with Crippen molar-refractivity contribution in [2.45, 2.75) is 12.3 Å². The van der Waals surface area contributed by atoms with E-state index in [1.54, 1.807) is 13.4 Å². The van der Waals surface area contributed by atoms with Gasteiger partial charge in [0.1, 0.15) is 17.9 Å². The number of aromatic nitrogens is 2. The third-order valence-corrected chi connectivity index (χ3v) is 6.78. The van der Waals surface area contributed by atoms with Gasteiger partial charge in [-0.1, -0.05) is 60.7 Å². The van der Waals surface area contributed by atoms with Gasteiger partial charge in [-0.3, -0.25) is 4.79 Å². The van der Waals surface area contributed by atoms with Crippen molar-refractivity contribution >= 4 is 11.7 Å². The highest BCUT2D eigenvalue weighted by Crippen LogP contribution is 2.29. The van der Waals surface area contributed by atoms with Crippen molar-refractivity contribution in [2.75, 3.05) is 38.2 Å². The molecule has 1 amide bonds. The summed E-state index contributed by atoms with van der Waals surface area (Å²) in [5, 5.41) is 0. The molecule has 0 spiro atoms. The summed E-state index contributed by atoms with van der Waals surface area (Å²) in [4.78, 5) is 26.5. The lowest BCUT2D eigenvalue weighted by Gasteiger charge is -2.36. The van der Waals surface area contributed by atoms with E-state index in [0.717, 1.165) is 35.9 Å². The number of amides is 1. The smallest absolute Gasteiger partial charge is 0.223 e. The van der Waals surface area contributed by atoms with E-state index in [4.69, 9.17) is 4.74 Å². The van der Waals surface area contributed by atoms with Crippen molar-refractivity contribution in [3.8, 4) is 17.0 Å². The van der Waals surface area contributed by atoms with Crippen LogP contribution in [0.5, 0.6) is 5.75 Å². The van der Waals surface area contributed by atoms with Crippen molar-refractivity contribution in [1.29, 1.82) is 0 Å². The normalized spacial score (nSPS) is 13.6. The first-order valence-corrected chi connectivity index (χ1v) is 12.3. The molecule has 1 aliphatic heterocycles. The zero-order valence-corrected chi connectivity index (χ0v) is 20.5. The topological polar surface area (TPSA) is 58.6 Å². The van der Waals surface area contributed by atoms with Crippen LogP contribution in [-0.2, 0) is 4.79 Å². The number of piperazine rings is 1. The highest BCUT2D eigenvalue weighted by molar-refractivity contribution is 5.78. The molecule has 4 aromatic rings. The Balaban J connectivity index is 1.24. The fourth-order valence-corrected chi connectivity index (χ4v) is 4.73. The predicted octanol–water partition coefficient (Wildman–Crippen LogP) is 5.02. The maximum atomic E-state index is 13.4. The lowest BCUT2D eigenvalue weighted by atomic mass is 9.88. The lowest BCUT2D eigenvalue weighted by Crippen LogP contribution is -2.49. The fraction of sp³-hybridized carbons (Fsp3) is 0.233. The van der Waals surface area contributed by atoms with Gasteiger partial charge in [0.2, 0.25) is 5.91 Å². The minimum Gasteiger partial charge on any atom is -0.497 e. The molecule has 36 heavy (non-hydrogen) atoms. The van der Waals surface area contributed by atoms with Crippen LogP contribution >= 0.6 is 0 Å². The number of benzene rings is 3. The molecule has 0 aliphatic carbocycles. The number of hydrogen-bond acceptors (Lipinski definition) is 5. The third kappa shape index (κ3) is 5.38. The van der Waals surface area contributed by atoms with E-state index in [2.05, 4.69) is 39.1 Å². The quantitative estimate of drug-likeness (QED) is 0.373. The number of anilines is 1. The zero-order valence-electron chi connectivity index (χ0n) is 20.5. The Morgan fingerprint density at radius 1 is 0.833 bits per heavy atom. The maximum absolute atomic E-state index is 13.4. The largest absolute Gasteiger partial charge is 0.497 e. The predicted molar refractivity (Wildman–Crippen MR) is 142 cm³/mol. The van der Waals surface area contributed by atoms with Crippen LogP contribution in [0.2, 0.25) is 0 Å². The van der Waals surface area contributed by atoms with Gasteiger partial charge in [0.05, 0.1) is 12.8 Å². The molecule has 1 fully saturated rings. The summed E-state index contributed by atoms with van der Waals surface area (Å²) in [6.07, 6.45) is 2.07. The Morgan fingerprint density at radius 2 is 1.44 bits per heavy atom. The summed E-state index contributed by atoms with van der Waals surface area (Å²) in [7, 11) is 1.66. The van der Waals surface area contributed by atoms with Crippen LogP contribution in [0.15, 0.2) is 97.3 Å². The number of methoxy groups -OCH3 is 1. The van der Waals surface area contributed by atoms with Gasteiger partial charge in [0, 0.05) is 50.1 Å². The van der Waals surface area contributed by atoms with Crippen LogP contribution < -0.4 is 9.64 Å². The van der Waals surface area contributed by atoms with Gasteiger partial charge in [0.25, 0.3) is 0 Å². The van der Waals surface area contributed by atoms with Gasteiger partial charge in [-0.2, -0.15) is 0 Å². The van der Waals surface area contributed by atoms with E-state index in [-0.39, 0.29) is 11.8 Å². The number of carbonyl (C=O) groups excluding carboxylic acids is 1. The summed E-state index contributed by atoms with van der Waals surface area (Å²) < 4.78 is 5.25. The molecule has 2 heterocycles. The molecule has 0 saturated carbocycles. The number of nitrogens with zero attached hydrogens (tertiary/aromatic N) is 4. The Labute approximate surface area is 212 Å². The van der Waals surface area contributed by atoms with Crippen molar-refractivity contribution in [1.82, 2.24) is 14.9 Å². The van der Waals surface area contributed by atoms with Crippen molar-refractivity contribution in [3.63, 3.8) is 0 Å². The number of carbonyl (C=O) groups is 1. The van der Waals surface area contributed by atoms with Crippen LogP contribution in [0.4, 0.5) is 5.82 Å². The Kier molecular flexibility index (Phi) is 7.22. The first-order valence-electron chi connectivity index (χ1n) is 12.3. The van der Waals surface area contributed by atoms with Gasteiger partial charge >= 0.3 is 0 Å². The summed E-state index contributed by atoms with van der Waals surface area (Å²) in [5.41, 5.74) is 4.22. The molecule has 0 radical (unpaired) electrons. The lowest BCUT2D eigenvalue weighted by molar-refractivity contribution is -0.131. The molecule has 3 aromatic carbocycles. The molecule has 6 nitrogen and oxygen atoms in total. The molecular formula is C30H30N4O2. The van der Waals surface area contributed by atoms with Crippen LogP contribution in [0.1, 0.15) is 23.5 Å². The van der Waals surface area contributed by atoms with E-state index >= 15 is 0 Å². The van der Waals surface area contributed by atoms with E-state index in [0.29, 0.717) is 19.5 Å². The van der Waals surface area contributed by atoms with Crippen molar-refractivity contribution < 1.29 is 9.53 Å². The molecule has 5 rings (SSSR count). The van der Waals surface area contributed by atoms with E-state index in [9.17, 15) is 4.79 Å². The molecule has 1 saturated heterocycles. The highest BCUT2D eigenvalue weighted by atomic mass is 16.5. The van der Waals surface area contributed by atoms with Gasteiger partial charge < -0.3 is 14.5 Å². The Bertz CT molecular complexity index is 1230. The molecular weight excluding hydrogens is 448 g/mol. The van der Waals surface area contributed by atoms with Gasteiger partial charge in [-0.15, -0.1) is 0 Å². The maximum Gasteiger partial charge on any atom is 0.223 e. The second-order valence-corrected chi connectivity index (χ2v) is 8.94. The number of hydrogen-bond donors (Lipinski definition) is 0. The fourth-order valence-electron chi connectivity index (χ4n) is 4.73. The molecule has 0 atom stereocenters. The van der Waals surface area contributed by atoms with Crippen molar-refractivity contribution in [3.05, 3.63) is 108 Å². The van der Waals surface area contributed by atoms with E-state index in [1.165, 1.54) is 11.1 Å². The first-order chi connectivity index (χ1) is 17.7. The molecule has 182 valence electrons. The van der Waals surface area contributed by atoms with Crippen LogP contribution in [0, 0.1) is 0 Å². The monoisotopic (exact) mass is 478 g/mol. The average molecular weight is 479 g/mol.